The number of carbonyl (C=O) groups is 2. The van der Waals surface area contributed by atoms with Crippen LogP contribution in [0.1, 0.15) is 17.2 Å². The molecule has 0 aliphatic carbocycles. The molecule has 2 aromatic carbocycles. The topological polar surface area (TPSA) is 88.5 Å². The Hall–Kier alpha value is -3.07. The van der Waals surface area contributed by atoms with Crippen LogP contribution < -0.4 is 9.47 Å². The van der Waals surface area contributed by atoms with E-state index in [1.54, 1.807) is 42.5 Å². The summed E-state index contributed by atoms with van der Waals surface area (Å²) in [5.74, 6) is -0.567. The third-order valence-electron chi connectivity index (χ3n) is 6.28. The molecule has 5 rings (SSSR count). The van der Waals surface area contributed by atoms with E-state index in [0.717, 1.165) is 13.1 Å². The molecular weight excluding hydrogens is 460 g/mol. The molecule has 0 bridgehead atoms. The van der Waals surface area contributed by atoms with Crippen molar-refractivity contribution in [1.82, 2.24) is 9.80 Å². The minimum atomic E-state index is -0.757. The van der Waals surface area contributed by atoms with Crippen LogP contribution in [0, 0.1) is 0 Å². The molecule has 2 fully saturated rings. The Balaban J connectivity index is 1.54. The predicted molar refractivity (Wildman–Crippen MR) is 125 cm³/mol. The van der Waals surface area contributed by atoms with Gasteiger partial charge in [-0.15, -0.1) is 0 Å². The summed E-state index contributed by atoms with van der Waals surface area (Å²) in [5.41, 5.74) is 1.07. The molecule has 34 heavy (non-hydrogen) atoms. The number of morpholine rings is 1. The Kier molecular flexibility index (Phi) is 6.45. The lowest BCUT2D eigenvalue weighted by atomic mass is 9.95. The number of halogens is 1. The minimum Gasteiger partial charge on any atom is -0.507 e. The van der Waals surface area contributed by atoms with E-state index in [-0.39, 0.29) is 11.3 Å². The third kappa shape index (κ3) is 4.36. The molecule has 1 unspecified atom stereocenters. The fraction of sp³-hybridized carbons (Fsp3) is 0.360. The number of nitrogens with zero attached hydrogens (tertiary/aromatic N) is 2. The van der Waals surface area contributed by atoms with E-state index in [1.807, 2.05) is 0 Å². The van der Waals surface area contributed by atoms with E-state index in [1.165, 1.54) is 4.90 Å². The zero-order chi connectivity index (χ0) is 23.7. The lowest BCUT2D eigenvalue weighted by Gasteiger charge is -2.31. The van der Waals surface area contributed by atoms with Gasteiger partial charge in [0, 0.05) is 36.8 Å². The van der Waals surface area contributed by atoms with E-state index >= 15 is 0 Å². The number of aliphatic hydroxyl groups is 1. The fourth-order valence-corrected chi connectivity index (χ4v) is 4.75. The van der Waals surface area contributed by atoms with E-state index in [2.05, 4.69) is 4.90 Å². The molecule has 1 atom stereocenters. The van der Waals surface area contributed by atoms with Gasteiger partial charge in [-0.25, -0.2) is 0 Å². The van der Waals surface area contributed by atoms with Crippen molar-refractivity contribution in [1.29, 1.82) is 0 Å². The molecule has 2 saturated heterocycles. The van der Waals surface area contributed by atoms with Crippen molar-refractivity contribution in [3.63, 3.8) is 0 Å². The smallest absolute Gasteiger partial charge is 0.295 e. The summed E-state index contributed by atoms with van der Waals surface area (Å²) in [6, 6.07) is 11.2. The number of fused-ring (bicyclic) bond motifs is 1. The molecule has 3 aliphatic rings. The highest BCUT2D eigenvalue weighted by Gasteiger charge is 2.46. The molecule has 2 aromatic rings. The number of aliphatic hydroxyl groups excluding tert-OH is 1. The first-order valence-electron chi connectivity index (χ1n) is 11.3. The van der Waals surface area contributed by atoms with Crippen LogP contribution >= 0.6 is 11.6 Å². The minimum absolute atomic E-state index is 0.0333. The van der Waals surface area contributed by atoms with Crippen LogP contribution in [-0.2, 0) is 14.3 Å². The van der Waals surface area contributed by atoms with Gasteiger partial charge < -0.3 is 24.2 Å². The van der Waals surface area contributed by atoms with Crippen LogP contribution in [0.2, 0.25) is 5.02 Å². The molecule has 0 radical (unpaired) electrons. The molecular formula is C25H25ClN2O6. The number of ketones is 1. The summed E-state index contributed by atoms with van der Waals surface area (Å²) in [4.78, 5) is 30.1. The van der Waals surface area contributed by atoms with Crippen LogP contribution in [-0.4, -0.2) is 79.2 Å². The van der Waals surface area contributed by atoms with Gasteiger partial charge in [0.05, 0.1) is 24.8 Å². The molecule has 3 aliphatic heterocycles. The lowest BCUT2D eigenvalue weighted by Crippen LogP contribution is -2.42. The maximum Gasteiger partial charge on any atom is 0.295 e. The normalized spacial score (nSPS) is 22.3. The van der Waals surface area contributed by atoms with Gasteiger partial charge in [0.25, 0.3) is 11.7 Å². The third-order valence-corrected chi connectivity index (χ3v) is 6.52. The Morgan fingerprint density at radius 2 is 1.74 bits per heavy atom. The van der Waals surface area contributed by atoms with Crippen molar-refractivity contribution in [2.75, 3.05) is 52.6 Å². The van der Waals surface area contributed by atoms with Crippen molar-refractivity contribution in [2.24, 2.45) is 0 Å². The Morgan fingerprint density at radius 1 is 0.971 bits per heavy atom. The summed E-state index contributed by atoms with van der Waals surface area (Å²) in [7, 11) is 0. The number of Topliss-reactive ketones (excluding diaryl/α,β-unsaturated/α-hetero) is 1. The average molecular weight is 485 g/mol. The zero-order valence-electron chi connectivity index (χ0n) is 18.5. The summed E-state index contributed by atoms with van der Waals surface area (Å²) >= 11 is 6.25. The van der Waals surface area contributed by atoms with Gasteiger partial charge in [-0.3, -0.25) is 14.5 Å². The monoisotopic (exact) mass is 484 g/mol. The van der Waals surface area contributed by atoms with Gasteiger partial charge in [0.2, 0.25) is 0 Å². The van der Waals surface area contributed by atoms with Crippen LogP contribution in [0.5, 0.6) is 11.5 Å². The van der Waals surface area contributed by atoms with Crippen molar-refractivity contribution < 1.29 is 28.9 Å². The van der Waals surface area contributed by atoms with Gasteiger partial charge in [-0.1, -0.05) is 23.7 Å². The maximum atomic E-state index is 13.2. The molecule has 0 aromatic heterocycles. The highest BCUT2D eigenvalue weighted by Crippen LogP contribution is 2.41. The summed E-state index contributed by atoms with van der Waals surface area (Å²) < 4.78 is 16.6. The second-order valence-electron chi connectivity index (χ2n) is 8.36. The molecule has 0 saturated carbocycles. The number of ether oxygens (including phenoxy) is 3. The van der Waals surface area contributed by atoms with Crippen molar-refractivity contribution in [3.05, 3.63) is 64.2 Å². The largest absolute Gasteiger partial charge is 0.507 e. The Labute approximate surface area is 202 Å². The molecule has 1 amide bonds. The molecule has 9 heteroatoms. The van der Waals surface area contributed by atoms with E-state index in [0.29, 0.717) is 67.2 Å². The Bertz CT molecular complexity index is 1140. The summed E-state index contributed by atoms with van der Waals surface area (Å²) in [6.07, 6.45) is 0. The van der Waals surface area contributed by atoms with Crippen LogP contribution in [0.25, 0.3) is 5.76 Å². The lowest BCUT2D eigenvalue weighted by molar-refractivity contribution is -0.140. The van der Waals surface area contributed by atoms with Crippen LogP contribution in [0.3, 0.4) is 0 Å². The average Bonchev–Trinajstić information content (AvgIpc) is 3.12. The molecule has 1 N–H and O–H groups in total. The van der Waals surface area contributed by atoms with Crippen molar-refractivity contribution >= 4 is 29.1 Å². The molecule has 3 heterocycles. The van der Waals surface area contributed by atoms with Crippen molar-refractivity contribution in [2.45, 2.75) is 6.04 Å². The van der Waals surface area contributed by atoms with E-state index in [4.69, 9.17) is 25.8 Å². The number of amides is 1. The zero-order valence-corrected chi connectivity index (χ0v) is 19.3. The van der Waals surface area contributed by atoms with Crippen LogP contribution in [0.4, 0.5) is 0 Å². The SMILES string of the molecule is O=C1C(=O)N(CCN2CCOCC2)C(c2cccc(Cl)c2)/C1=C(/O)c1ccc2c(c1)OCCO2. The number of rotatable bonds is 5. The fourth-order valence-electron chi connectivity index (χ4n) is 4.55. The Morgan fingerprint density at radius 3 is 2.50 bits per heavy atom. The summed E-state index contributed by atoms with van der Waals surface area (Å²) in [5, 5.41) is 11.8. The van der Waals surface area contributed by atoms with Crippen LogP contribution in [0.15, 0.2) is 48.0 Å². The van der Waals surface area contributed by atoms with Gasteiger partial charge in [-0.05, 0) is 35.9 Å². The maximum absolute atomic E-state index is 13.2. The van der Waals surface area contributed by atoms with E-state index < -0.39 is 17.7 Å². The van der Waals surface area contributed by atoms with Gasteiger partial charge >= 0.3 is 0 Å². The molecule has 0 spiro atoms. The predicted octanol–water partition coefficient (Wildman–Crippen LogP) is 2.87. The highest BCUT2D eigenvalue weighted by molar-refractivity contribution is 6.46. The number of hydrogen-bond acceptors (Lipinski definition) is 7. The number of hydrogen-bond donors (Lipinski definition) is 1. The summed E-state index contributed by atoms with van der Waals surface area (Å²) in [6.45, 7) is 4.58. The molecule has 8 nitrogen and oxygen atoms in total. The van der Waals surface area contributed by atoms with Gasteiger partial charge in [0.15, 0.2) is 11.5 Å². The van der Waals surface area contributed by atoms with Gasteiger partial charge in [-0.2, -0.15) is 0 Å². The first-order valence-corrected chi connectivity index (χ1v) is 11.6. The second-order valence-corrected chi connectivity index (χ2v) is 8.80. The standard InChI is InChI=1S/C25H25ClN2O6/c26-18-3-1-2-16(14-18)22-21(23(29)17-4-5-19-20(15-17)34-13-12-33-19)24(30)25(31)28(22)7-6-27-8-10-32-11-9-27/h1-5,14-15,22,29H,6-13H2/b23-21-. The van der Waals surface area contributed by atoms with Gasteiger partial charge in [0.1, 0.15) is 19.0 Å². The highest BCUT2D eigenvalue weighted by atomic mass is 35.5. The number of likely N-dealkylation sites (tertiary alicyclic amines) is 1. The van der Waals surface area contributed by atoms with Crippen molar-refractivity contribution in [3.8, 4) is 11.5 Å². The number of benzene rings is 2. The molecule has 178 valence electrons. The number of carbonyl (C=O) groups excluding carboxylic acids is 2. The first-order chi connectivity index (χ1) is 16.5. The first kappa shape index (κ1) is 22.7. The van der Waals surface area contributed by atoms with E-state index in [9.17, 15) is 14.7 Å². The second kappa shape index (κ2) is 9.66. The quantitative estimate of drug-likeness (QED) is 0.396.